The molecule has 180 valence electrons. The van der Waals surface area contributed by atoms with Gasteiger partial charge in [0.05, 0.1) is 29.9 Å². The van der Waals surface area contributed by atoms with Gasteiger partial charge in [0.15, 0.2) is 0 Å². The summed E-state index contributed by atoms with van der Waals surface area (Å²) in [6.45, 7) is 1.41. The molecule has 1 aromatic heterocycles. The fourth-order valence-electron chi connectivity index (χ4n) is 7.68. The minimum Gasteiger partial charge on any atom is -0.616 e. The Bertz CT molecular complexity index is 884. The lowest BCUT2D eigenvalue weighted by molar-refractivity contribution is -0.136. The number of anilines is 1. The van der Waals surface area contributed by atoms with E-state index in [1.165, 1.54) is 19.3 Å². The average Bonchev–Trinajstić information content (AvgIpc) is 2.81. The molecule has 0 spiro atoms. The van der Waals surface area contributed by atoms with E-state index in [-0.39, 0.29) is 11.9 Å². The molecule has 1 aromatic rings. The Morgan fingerprint density at radius 2 is 1.82 bits per heavy atom. The second kappa shape index (κ2) is 8.68. The quantitative estimate of drug-likeness (QED) is 0.654. The number of nitrogens with one attached hydrogen (secondary N) is 1. The summed E-state index contributed by atoms with van der Waals surface area (Å²) in [6, 6.07) is 0.158. The van der Waals surface area contributed by atoms with Gasteiger partial charge in [-0.25, -0.2) is 9.97 Å². The summed E-state index contributed by atoms with van der Waals surface area (Å²) in [7, 11) is 0. The molecule has 6 aliphatic rings. The van der Waals surface area contributed by atoms with Crippen molar-refractivity contribution < 1.29 is 14.5 Å². The average molecular weight is 473 g/mol. The summed E-state index contributed by atoms with van der Waals surface area (Å²) in [5, 5.41) is 14.3. The monoisotopic (exact) mass is 472 g/mol. The molecule has 1 amide bonds. The van der Waals surface area contributed by atoms with Gasteiger partial charge in [-0.2, -0.15) is 0 Å². The van der Waals surface area contributed by atoms with E-state index in [9.17, 15) is 14.5 Å². The van der Waals surface area contributed by atoms with Crippen LogP contribution in [0.25, 0.3) is 0 Å². The summed E-state index contributed by atoms with van der Waals surface area (Å²) in [5.41, 5.74) is 1.05. The van der Waals surface area contributed by atoms with Gasteiger partial charge in [0.25, 0.3) is 5.91 Å². The lowest BCUT2D eigenvalue weighted by Crippen LogP contribution is -2.61. The highest BCUT2D eigenvalue weighted by atomic mass is 32.2. The van der Waals surface area contributed by atoms with E-state index < -0.39 is 16.8 Å². The lowest BCUT2D eigenvalue weighted by atomic mass is 9.52. The summed E-state index contributed by atoms with van der Waals surface area (Å²) in [5.74, 6) is 3.66. The molecule has 0 radical (unpaired) electrons. The van der Waals surface area contributed by atoms with E-state index in [2.05, 4.69) is 15.2 Å². The van der Waals surface area contributed by atoms with Crippen LogP contribution in [0.5, 0.6) is 0 Å². The van der Waals surface area contributed by atoms with Gasteiger partial charge in [0.1, 0.15) is 11.5 Å². The molecule has 1 saturated heterocycles. The number of hydrogen-bond acceptors (Lipinski definition) is 6. The normalized spacial score (nSPS) is 36.8. The molecule has 2 atom stereocenters. The third-order valence-electron chi connectivity index (χ3n) is 9.04. The van der Waals surface area contributed by atoms with Crippen LogP contribution < -0.4 is 10.2 Å². The van der Waals surface area contributed by atoms with E-state index in [4.69, 9.17) is 4.98 Å². The molecule has 7 rings (SSSR count). The Kier molecular flexibility index (Phi) is 5.82. The topological polar surface area (TPSA) is 101 Å². The first-order valence-corrected chi connectivity index (χ1v) is 14.5. The molecular formula is C25H36N4O3S. The molecule has 6 fully saturated rings. The van der Waals surface area contributed by atoms with E-state index in [0.717, 1.165) is 50.6 Å². The fraction of sp³-hybridized carbons (Fsp3) is 0.800. The fourth-order valence-corrected chi connectivity index (χ4v) is 8.74. The smallest absolute Gasteiger partial charge is 0.254 e. The van der Waals surface area contributed by atoms with Gasteiger partial charge < -0.3 is 19.9 Å². The van der Waals surface area contributed by atoms with Crippen molar-refractivity contribution in [1.82, 2.24) is 15.3 Å². The van der Waals surface area contributed by atoms with Crippen molar-refractivity contribution in [2.45, 2.75) is 81.8 Å². The SMILES string of the molecule is O=C(NC1C2CC3CC1CC(O)(C3)C2)c1cnc(N2CC[S+]([O-])CC2)nc1C1CCCCC1. The molecule has 8 heteroatoms. The zero-order valence-corrected chi connectivity index (χ0v) is 20.2. The summed E-state index contributed by atoms with van der Waals surface area (Å²) in [4.78, 5) is 25.3. The number of aromatic nitrogens is 2. The van der Waals surface area contributed by atoms with Crippen molar-refractivity contribution in [1.29, 1.82) is 0 Å². The first-order chi connectivity index (χ1) is 16.0. The third kappa shape index (κ3) is 4.27. The molecule has 4 bridgehead atoms. The maximum atomic E-state index is 13.6. The maximum Gasteiger partial charge on any atom is 0.254 e. The first-order valence-electron chi connectivity index (χ1n) is 13.0. The van der Waals surface area contributed by atoms with Crippen molar-refractivity contribution >= 4 is 23.0 Å². The van der Waals surface area contributed by atoms with Crippen LogP contribution in [0, 0.1) is 17.8 Å². The van der Waals surface area contributed by atoms with E-state index in [1.807, 2.05) is 0 Å². The molecule has 33 heavy (non-hydrogen) atoms. The van der Waals surface area contributed by atoms with Crippen LogP contribution in [0.15, 0.2) is 6.20 Å². The van der Waals surface area contributed by atoms with Gasteiger partial charge >= 0.3 is 0 Å². The molecule has 5 saturated carbocycles. The van der Waals surface area contributed by atoms with Crippen LogP contribution in [-0.2, 0) is 11.2 Å². The predicted octanol–water partition coefficient (Wildman–Crippen LogP) is 2.76. The highest BCUT2D eigenvalue weighted by Gasteiger charge is 2.55. The number of amides is 1. The second-order valence-corrected chi connectivity index (χ2v) is 13.0. The van der Waals surface area contributed by atoms with Crippen molar-refractivity contribution in [3.05, 3.63) is 17.5 Å². The highest BCUT2D eigenvalue weighted by Crippen LogP contribution is 2.55. The van der Waals surface area contributed by atoms with E-state index in [1.54, 1.807) is 6.20 Å². The zero-order valence-electron chi connectivity index (χ0n) is 19.4. The standard InChI is InChI=1S/C25H36N4O3S/c30-23(27-21-18-10-16-11-19(21)14-25(31,12-16)13-18)20-15-26-24(29-6-8-33(32)9-7-29)28-22(20)17-4-2-1-3-5-17/h15-19,21,31H,1-14H2,(H,27,30). The van der Waals surface area contributed by atoms with Crippen LogP contribution in [0.4, 0.5) is 5.95 Å². The largest absolute Gasteiger partial charge is 0.616 e. The van der Waals surface area contributed by atoms with Gasteiger partial charge in [-0.15, -0.1) is 0 Å². The van der Waals surface area contributed by atoms with Crippen LogP contribution in [0.2, 0.25) is 0 Å². The molecule has 7 nitrogen and oxygen atoms in total. The number of nitrogens with zero attached hydrogens (tertiary/aromatic N) is 3. The molecular weight excluding hydrogens is 436 g/mol. The molecule has 1 aliphatic heterocycles. The van der Waals surface area contributed by atoms with Crippen LogP contribution in [0.1, 0.15) is 86.2 Å². The minimum absolute atomic E-state index is 0.0358. The second-order valence-electron chi connectivity index (χ2n) is 11.3. The Morgan fingerprint density at radius 3 is 2.48 bits per heavy atom. The minimum atomic E-state index is -0.745. The lowest BCUT2D eigenvalue weighted by Gasteiger charge is -2.58. The predicted molar refractivity (Wildman–Crippen MR) is 128 cm³/mol. The molecule has 2 unspecified atom stereocenters. The highest BCUT2D eigenvalue weighted by molar-refractivity contribution is 7.91. The molecule has 5 aliphatic carbocycles. The van der Waals surface area contributed by atoms with Crippen LogP contribution in [0.3, 0.4) is 0 Å². The van der Waals surface area contributed by atoms with Crippen LogP contribution >= 0.6 is 0 Å². The Balaban J connectivity index is 1.25. The summed E-state index contributed by atoms with van der Waals surface area (Å²) < 4.78 is 11.8. The van der Waals surface area contributed by atoms with Crippen molar-refractivity contribution in [2.75, 3.05) is 29.5 Å². The Hall–Kier alpha value is -1.38. The maximum absolute atomic E-state index is 13.6. The Labute approximate surface area is 199 Å². The third-order valence-corrected chi connectivity index (χ3v) is 10.3. The number of rotatable bonds is 4. The Morgan fingerprint density at radius 1 is 1.12 bits per heavy atom. The molecule has 2 N–H and O–H groups in total. The molecule has 0 aromatic carbocycles. The van der Waals surface area contributed by atoms with Gasteiger partial charge in [0, 0.05) is 18.2 Å². The summed E-state index contributed by atoms with van der Waals surface area (Å²) in [6.07, 6.45) is 12.4. The number of aliphatic hydroxyl groups is 1. The van der Waals surface area contributed by atoms with Gasteiger partial charge in [0.2, 0.25) is 5.95 Å². The van der Waals surface area contributed by atoms with E-state index >= 15 is 0 Å². The van der Waals surface area contributed by atoms with Crippen molar-refractivity contribution in [2.24, 2.45) is 17.8 Å². The van der Waals surface area contributed by atoms with Crippen molar-refractivity contribution in [3.63, 3.8) is 0 Å². The summed E-state index contributed by atoms with van der Waals surface area (Å²) >= 11 is -0.745. The van der Waals surface area contributed by atoms with Gasteiger partial charge in [-0.1, -0.05) is 30.4 Å². The molecule has 2 heterocycles. The number of hydrogen-bond donors (Lipinski definition) is 2. The first kappa shape index (κ1) is 22.1. The number of carbonyl (C=O) groups is 1. The van der Waals surface area contributed by atoms with Gasteiger partial charge in [-0.3, -0.25) is 4.79 Å². The van der Waals surface area contributed by atoms with Crippen LogP contribution in [-0.4, -0.2) is 61.8 Å². The van der Waals surface area contributed by atoms with E-state index in [0.29, 0.717) is 59.8 Å². The van der Waals surface area contributed by atoms with Gasteiger partial charge in [-0.05, 0) is 62.7 Å². The van der Waals surface area contributed by atoms with Crippen molar-refractivity contribution in [3.8, 4) is 0 Å². The number of carbonyl (C=O) groups excluding carboxylic acids is 1. The zero-order chi connectivity index (χ0) is 22.6.